The van der Waals surface area contributed by atoms with Gasteiger partial charge in [-0.3, -0.25) is 0 Å². The summed E-state index contributed by atoms with van der Waals surface area (Å²) in [5.41, 5.74) is 1.05. The lowest BCUT2D eigenvalue weighted by molar-refractivity contribution is 0.0597. The number of rotatable bonds is 3. The van der Waals surface area contributed by atoms with Gasteiger partial charge in [0.25, 0.3) is 0 Å². The third-order valence-corrected chi connectivity index (χ3v) is 2.11. The van der Waals surface area contributed by atoms with E-state index in [-0.39, 0.29) is 0 Å². The van der Waals surface area contributed by atoms with Gasteiger partial charge >= 0.3 is 5.97 Å². The molecule has 1 aromatic carbocycles. The van der Waals surface area contributed by atoms with Gasteiger partial charge in [0.05, 0.1) is 20.3 Å². The molecule has 15 heavy (non-hydrogen) atoms. The fourth-order valence-electron chi connectivity index (χ4n) is 1.25. The Balaban J connectivity index is 3.15. The third kappa shape index (κ3) is 2.47. The molecule has 0 heterocycles. The van der Waals surface area contributed by atoms with Gasteiger partial charge in [-0.25, -0.2) is 4.79 Å². The fourth-order valence-corrected chi connectivity index (χ4v) is 1.25. The van der Waals surface area contributed by atoms with E-state index < -0.39 is 12.1 Å². The van der Waals surface area contributed by atoms with Crippen LogP contribution in [0.1, 0.15) is 28.9 Å². The van der Waals surface area contributed by atoms with Crippen LogP contribution < -0.4 is 4.74 Å². The summed E-state index contributed by atoms with van der Waals surface area (Å²) in [4.78, 5) is 11.3. The lowest BCUT2D eigenvalue weighted by Gasteiger charge is -2.10. The van der Waals surface area contributed by atoms with Crippen molar-refractivity contribution < 1.29 is 19.4 Å². The lowest BCUT2D eigenvalue weighted by Crippen LogP contribution is -2.05. The van der Waals surface area contributed by atoms with E-state index in [1.54, 1.807) is 25.1 Å². The zero-order valence-electron chi connectivity index (χ0n) is 8.98. The topological polar surface area (TPSA) is 55.8 Å². The number of benzene rings is 1. The van der Waals surface area contributed by atoms with E-state index >= 15 is 0 Å². The molecule has 1 atom stereocenters. The third-order valence-electron chi connectivity index (χ3n) is 2.11. The number of aliphatic hydroxyl groups is 1. The minimum absolute atomic E-state index is 0.351. The summed E-state index contributed by atoms with van der Waals surface area (Å²) in [5, 5.41) is 9.36. The van der Waals surface area contributed by atoms with Gasteiger partial charge in [-0.05, 0) is 24.6 Å². The molecule has 0 aliphatic carbocycles. The summed E-state index contributed by atoms with van der Waals surface area (Å²) in [6.45, 7) is 1.65. The van der Waals surface area contributed by atoms with Gasteiger partial charge in [-0.2, -0.15) is 0 Å². The van der Waals surface area contributed by atoms with E-state index in [0.29, 0.717) is 16.9 Å². The highest BCUT2D eigenvalue weighted by molar-refractivity contribution is 5.92. The molecule has 0 saturated carbocycles. The second kappa shape index (κ2) is 4.79. The molecule has 0 amide bonds. The van der Waals surface area contributed by atoms with Gasteiger partial charge in [0.15, 0.2) is 0 Å². The number of hydrogen-bond acceptors (Lipinski definition) is 4. The number of aliphatic hydroxyl groups excluding tert-OH is 1. The first-order valence-electron chi connectivity index (χ1n) is 4.54. The largest absolute Gasteiger partial charge is 0.496 e. The number of esters is 1. The number of ether oxygens (including phenoxy) is 2. The average Bonchev–Trinajstić information content (AvgIpc) is 2.27. The summed E-state index contributed by atoms with van der Waals surface area (Å²) < 4.78 is 9.64. The smallest absolute Gasteiger partial charge is 0.341 e. The van der Waals surface area contributed by atoms with Gasteiger partial charge in [0, 0.05) is 0 Å². The molecule has 0 saturated heterocycles. The first-order valence-corrected chi connectivity index (χ1v) is 4.54. The van der Waals surface area contributed by atoms with Crippen LogP contribution in [0, 0.1) is 0 Å². The van der Waals surface area contributed by atoms with Crippen molar-refractivity contribution in [3.63, 3.8) is 0 Å². The van der Waals surface area contributed by atoms with Crippen molar-refractivity contribution in [2.24, 2.45) is 0 Å². The number of carbonyl (C=O) groups excluding carboxylic acids is 1. The molecule has 0 spiro atoms. The van der Waals surface area contributed by atoms with Crippen LogP contribution in [-0.4, -0.2) is 25.3 Å². The van der Waals surface area contributed by atoms with Crippen molar-refractivity contribution in [2.75, 3.05) is 14.2 Å². The van der Waals surface area contributed by atoms with Crippen LogP contribution in [-0.2, 0) is 4.74 Å². The van der Waals surface area contributed by atoms with Crippen LogP contribution in [0.2, 0.25) is 0 Å². The van der Waals surface area contributed by atoms with Gasteiger partial charge in [0.1, 0.15) is 11.3 Å². The average molecular weight is 210 g/mol. The quantitative estimate of drug-likeness (QED) is 0.769. The van der Waals surface area contributed by atoms with Crippen molar-refractivity contribution in [1.82, 2.24) is 0 Å². The summed E-state index contributed by atoms with van der Waals surface area (Å²) in [6, 6.07) is 4.86. The molecule has 4 nitrogen and oxygen atoms in total. The number of carbonyl (C=O) groups is 1. The summed E-state index contributed by atoms with van der Waals surface area (Å²) in [6.07, 6.45) is -0.592. The number of methoxy groups -OCH3 is 2. The Morgan fingerprint density at radius 2 is 2.07 bits per heavy atom. The Labute approximate surface area is 88.4 Å². The van der Waals surface area contributed by atoms with Crippen molar-refractivity contribution in [1.29, 1.82) is 0 Å². The summed E-state index contributed by atoms with van der Waals surface area (Å²) >= 11 is 0. The molecule has 0 aliphatic heterocycles. The summed E-state index contributed by atoms with van der Waals surface area (Å²) in [7, 11) is 2.78. The molecule has 0 aromatic heterocycles. The predicted octanol–water partition coefficient (Wildman–Crippen LogP) is 1.54. The van der Waals surface area contributed by atoms with E-state index in [9.17, 15) is 9.90 Å². The highest BCUT2D eigenvalue weighted by Gasteiger charge is 2.14. The maximum absolute atomic E-state index is 11.3. The Bertz CT molecular complexity index is 358. The molecule has 0 unspecified atom stereocenters. The SMILES string of the molecule is COC(=O)c1ccc([C@H](C)O)cc1OC. The lowest BCUT2D eigenvalue weighted by atomic mass is 10.1. The van der Waals surface area contributed by atoms with Crippen molar-refractivity contribution in [3.8, 4) is 5.75 Å². The van der Waals surface area contributed by atoms with Crippen molar-refractivity contribution >= 4 is 5.97 Å². The highest BCUT2D eigenvalue weighted by Crippen LogP contribution is 2.24. The molecule has 1 rings (SSSR count). The van der Waals surface area contributed by atoms with Crippen LogP contribution in [0.4, 0.5) is 0 Å². The Morgan fingerprint density at radius 1 is 1.40 bits per heavy atom. The molecule has 0 aliphatic rings. The molecule has 4 heteroatoms. The van der Waals surface area contributed by atoms with E-state index in [4.69, 9.17) is 4.74 Å². The van der Waals surface area contributed by atoms with Crippen molar-refractivity contribution in [3.05, 3.63) is 29.3 Å². The first kappa shape index (κ1) is 11.5. The molecule has 0 fully saturated rings. The molecule has 82 valence electrons. The maximum Gasteiger partial charge on any atom is 0.341 e. The van der Waals surface area contributed by atoms with Gasteiger partial charge in [-0.15, -0.1) is 0 Å². The minimum atomic E-state index is -0.592. The predicted molar refractivity (Wildman–Crippen MR) is 55.0 cm³/mol. The van der Waals surface area contributed by atoms with Crippen LogP contribution in [0.3, 0.4) is 0 Å². The van der Waals surface area contributed by atoms with Crippen LogP contribution in [0.15, 0.2) is 18.2 Å². The highest BCUT2D eigenvalue weighted by atomic mass is 16.5. The van der Waals surface area contributed by atoms with Crippen LogP contribution in [0.5, 0.6) is 5.75 Å². The zero-order valence-corrected chi connectivity index (χ0v) is 8.98. The first-order chi connectivity index (χ1) is 7.10. The minimum Gasteiger partial charge on any atom is -0.496 e. The molecule has 1 N–H and O–H groups in total. The van der Waals surface area contributed by atoms with Gasteiger partial charge < -0.3 is 14.6 Å². The van der Waals surface area contributed by atoms with E-state index in [2.05, 4.69) is 4.74 Å². The number of hydrogen-bond donors (Lipinski definition) is 1. The molecular formula is C11H14O4. The fraction of sp³-hybridized carbons (Fsp3) is 0.364. The van der Waals surface area contributed by atoms with E-state index in [1.807, 2.05) is 0 Å². The second-order valence-corrected chi connectivity index (χ2v) is 3.13. The van der Waals surface area contributed by atoms with Crippen molar-refractivity contribution in [2.45, 2.75) is 13.0 Å². The maximum atomic E-state index is 11.3. The molecule has 0 radical (unpaired) electrons. The molecule has 0 bridgehead atoms. The second-order valence-electron chi connectivity index (χ2n) is 3.13. The monoisotopic (exact) mass is 210 g/mol. The Morgan fingerprint density at radius 3 is 2.53 bits per heavy atom. The van der Waals surface area contributed by atoms with Crippen LogP contribution in [0.25, 0.3) is 0 Å². The zero-order chi connectivity index (χ0) is 11.4. The molecule has 1 aromatic rings. The van der Waals surface area contributed by atoms with E-state index in [1.165, 1.54) is 14.2 Å². The van der Waals surface area contributed by atoms with Gasteiger partial charge in [-0.1, -0.05) is 6.07 Å². The standard InChI is InChI=1S/C11H14O4/c1-7(12)8-4-5-9(11(13)15-3)10(6-8)14-2/h4-7,12H,1-3H3/t7-/m0/s1. The van der Waals surface area contributed by atoms with Crippen LogP contribution >= 0.6 is 0 Å². The van der Waals surface area contributed by atoms with E-state index in [0.717, 1.165) is 0 Å². The normalized spacial score (nSPS) is 12.0. The Hall–Kier alpha value is -1.55. The molecular weight excluding hydrogens is 196 g/mol. The summed E-state index contributed by atoms with van der Waals surface area (Å²) in [5.74, 6) is -0.0516. The van der Waals surface area contributed by atoms with Gasteiger partial charge in [0.2, 0.25) is 0 Å². The Kier molecular flexibility index (Phi) is 3.68.